The lowest BCUT2D eigenvalue weighted by molar-refractivity contribution is -0.222. The molecule has 3 aromatic rings. The van der Waals surface area contributed by atoms with Crippen molar-refractivity contribution in [2.24, 2.45) is 11.8 Å². The summed E-state index contributed by atoms with van der Waals surface area (Å²) < 4.78 is 75.7. The highest BCUT2D eigenvalue weighted by molar-refractivity contribution is 6.30. The summed E-state index contributed by atoms with van der Waals surface area (Å²) in [6, 6.07) is 15.5. The molecule has 3 aromatic carbocycles. The quantitative estimate of drug-likeness (QED) is 0.170. The van der Waals surface area contributed by atoms with Gasteiger partial charge in [0.05, 0.1) is 24.2 Å². The summed E-state index contributed by atoms with van der Waals surface area (Å²) in [6.07, 6.45) is 2.75. The van der Waals surface area contributed by atoms with Crippen LogP contribution in [0.5, 0.6) is 5.75 Å². The number of benzene rings is 3. The third kappa shape index (κ3) is 7.47. The van der Waals surface area contributed by atoms with E-state index in [1.807, 2.05) is 24.3 Å². The van der Waals surface area contributed by atoms with Crippen molar-refractivity contribution in [3.63, 3.8) is 0 Å². The number of halogens is 5. The van der Waals surface area contributed by atoms with E-state index in [-0.39, 0.29) is 46.9 Å². The summed E-state index contributed by atoms with van der Waals surface area (Å²) in [5.41, 5.74) is 2.41. The van der Waals surface area contributed by atoms with Gasteiger partial charge in [-0.05, 0) is 73.4 Å². The van der Waals surface area contributed by atoms with Crippen LogP contribution in [0.4, 0.5) is 17.6 Å². The van der Waals surface area contributed by atoms with Crippen LogP contribution in [0.1, 0.15) is 81.6 Å². The van der Waals surface area contributed by atoms with Gasteiger partial charge in [-0.15, -0.1) is 0 Å². The van der Waals surface area contributed by atoms with Crippen LogP contribution in [0.2, 0.25) is 5.02 Å². The predicted molar refractivity (Wildman–Crippen MR) is 156 cm³/mol. The molecule has 0 radical (unpaired) electrons. The molecular formula is C34H37ClF4O3. The molecule has 0 spiro atoms. The van der Waals surface area contributed by atoms with Crippen molar-refractivity contribution < 1.29 is 31.8 Å². The molecule has 0 atom stereocenters. The van der Waals surface area contributed by atoms with Crippen LogP contribution in [0.15, 0.2) is 60.7 Å². The lowest BCUT2D eigenvalue weighted by Crippen LogP contribution is -2.37. The van der Waals surface area contributed by atoms with Gasteiger partial charge in [0.15, 0.2) is 6.29 Å². The predicted octanol–water partition coefficient (Wildman–Crippen LogP) is 10.5. The van der Waals surface area contributed by atoms with Crippen LogP contribution in [-0.2, 0) is 9.47 Å². The Balaban J connectivity index is 1.12. The largest absolute Gasteiger partial charge is 0.432 e. The molecule has 8 heteroatoms. The molecule has 2 fully saturated rings. The van der Waals surface area contributed by atoms with E-state index in [0.29, 0.717) is 32.0 Å². The first-order valence-corrected chi connectivity index (χ1v) is 15.3. The third-order valence-corrected chi connectivity index (χ3v) is 8.80. The Morgan fingerprint density at radius 2 is 1.52 bits per heavy atom. The minimum absolute atomic E-state index is 0.0703. The molecule has 1 saturated heterocycles. The fourth-order valence-corrected chi connectivity index (χ4v) is 6.09. The normalized spacial score (nSPS) is 23.1. The summed E-state index contributed by atoms with van der Waals surface area (Å²) in [5.74, 6) is -2.09. The van der Waals surface area contributed by atoms with Crippen molar-refractivity contribution in [1.29, 1.82) is 0 Å². The zero-order chi connectivity index (χ0) is 29.7. The summed E-state index contributed by atoms with van der Waals surface area (Å²) in [5, 5.41) is -0.0831. The standard InChI is InChI=1S/C34H37ClF4O3/c1-2-3-4-5-22-20-40-33(41-21-22)25-8-6-23(7-9-25)24-10-13-27(14-11-24)34(38,39)42-28-15-16-29(31(36)19-28)26-12-17-30(35)32(37)18-26/h6-9,12,15-19,22,24,27,33H,2-5,10-11,13-14,20-21H2,1H3. The van der Waals surface area contributed by atoms with Gasteiger partial charge in [0.2, 0.25) is 0 Å². The molecule has 1 aliphatic heterocycles. The number of alkyl halides is 2. The van der Waals surface area contributed by atoms with Gasteiger partial charge < -0.3 is 14.2 Å². The molecule has 0 bridgehead atoms. The lowest BCUT2D eigenvalue weighted by atomic mass is 9.78. The van der Waals surface area contributed by atoms with E-state index in [2.05, 4.69) is 6.92 Å². The highest BCUT2D eigenvalue weighted by Crippen LogP contribution is 2.44. The second kappa shape index (κ2) is 13.8. The van der Waals surface area contributed by atoms with Crippen LogP contribution in [0.3, 0.4) is 0 Å². The molecule has 3 nitrogen and oxygen atoms in total. The molecule has 0 N–H and O–H groups in total. The molecule has 1 heterocycles. The van der Waals surface area contributed by atoms with Crippen molar-refractivity contribution in [2.45, 2.75) is 76.6 Å². The first-order valence-electron chi connectivity index (χ1n) is 14.9. The smallest absolute Gasteiger partial charge is 0.400 e. The van der Waals surface area contributed by atoms with Crippen LogP contribution in [0.25, 0.3) is 11.1 Å². The molecule has 1 aliphatic carbocycles. The van der Waals surface area contributed by atoms with Crippen LogP contribution in [0, 0.1) is 23.5 Å². The van der Waals surface area contributed by atoms with Gasteiger partial charge in [0.1, 0.15) is 17.4 Å². The monoisotopic (exact) mass is 604 g/mol. The average molecular weight is 605 g/mol. The molecule has 0 unspecified atom stereocenters. The highest BCUT2D eigenvalue weighted by Gasteiger charge is 2.44. The SMILES string of the molecule is CCCCCC1COC(c2ccc(C3CCC(C(F)(F)Oc4ccc(-c5ccc(Cl)c(F)c5)c(F)c4)CC3)cc2)OC1. The summed E-state index contributed by atoms with van der Waals surface area (Å²) in [6.45, 7) is 3.61. The minimum Gasteiger partial charge on any atom is -0.432 e. The fourth-order valence-electron chi connectivity index (χ4n) is 5.97. The summed E-state index contributed by atoms with van der Waals surface area (Å²) in [7, 11) is 0. The molecular weight excluding hydrogens is 568 g/mol. The maximum atomic E-state index is 15.1. The zero-order valence-corrected chi connectivity index (χ0v) is 24.5. The van der Waals surface area contributed by atoms with Crippen LogP contribution in [-0.4, -0.2) is 19.3 Å². The maximum Gasteiger partial charge on any atom is 0.400 e. The van der Waals surface area contributed by atoms with E-state index in [1.54, 1.807) is 0 Å². The summed E-state index contributed by atoms with van der Waals surface area (Å²) >= 11 is 5.70. The van der Waals surface area contributed by atoms with Gasteiger partial charge in [-0.1, -0.05) is 68.1 Å². The lowest BCUT2D eigenvalue weighted by Gasteiger charge is -2.33. The number of hydrogen-bond acceptors (Lipinski definition) is 3. The molecule has 0 aromatic heterocycles. The van der Waals surface area contributed by atoms with Crippen molar-refractivity contribution in [1.82, 2.24) is 0 Å². The number of ether oxygens (including phenoxy) is 3. The highest BCUT2D eigenvalue weighted by atomic mass is 35.5. The van der Waals surface area contributed by atoms with Crippen LogP contribution < -0.4 is 4.74 Å². The van der Waals surface area contributed by atoms with E-state index in [0.717, 1.165) is 29.7 Å². The number of hydrogen-bond donors (Lipinski definition) is 0. The third-order valence-electron chi connectivity index (χ3n) is 8.49. The van der Waals surface area contributed by atoms with Crippen molar-refractivity contribution in [2.75, 3.05) is 13.2 Å². The van der Waals surface area contributed by atoms with Crippen LogP contribution >= 0.6 is 11.6 Å². The second-order valence-corrected chi connectivity index (χ2v) is 11.9. The van der Waals surface area contributed by atoms with Gasteiger partial charge in [-0.3, -0.25) is 0 Å². The van der Waals surface area contributed by atoms with E-state index >= 15 is 8.78 Å². The zero-order valence-electron chi connectivity index (χ0n) is 23.8. The Morgan fingerprint density at radius 1 is 0.833 bits per heavy atom. The molecule has 1 saturated carbocycles. The van der Waals surface area contributed by atoms with E-state index in [1.165, 1.54) is 43.5 Å². The van der Waals surface area contributed by atoms with Gasteiger partial charge in [0, 0.05) is 23.1 Å². The average Bonchev–Trinajstić information content (AvgIpc) is 2.99. The first kappa shape index (κ1) is 30.8. The Bertz CT molecular complexity index is 1320. The number of unbranched alkanes of at least 4 members (excludes halogenated alkanes) is 2. The van der Waals surface area contributed by atoms with Crippen molar-refractivity contribution in [3.8, 4) is 16.9 Å². The fraction of sp³-hybridized carbons (Fsp3) is 0.471. The second-order valence-electron chi connectivity index (χ2n) is 11.5. The van der Waals surface area contributed by atoms with Gasteiger partial charge in [-0.25, -0.2) is 8.78 Å². The van der Waals surface area contributed by atoms with E-state index in [4.69, 9.17) is 25.8 Å². The van der Waals surface area contributed by atoms with Gasteiger partial charge in [-0.2, -0.15) is 8.78 Å². The van der Waals surface area contributed by atoms with Crippen molar-refractivity contribution >= 4 is 11.6 Å². The minimum atomic E-state index is -3.45. The Labute approximate surface area is 250 Å². The number of rotatable bonds is 10. The molecule has 5 rings (SSSR count). The van der Waals surface area contributed by atoms with Gasteiger partial charge >= 0.3 is 6.11 Å². The summed E-state index contributed by atoms with van der Waals surface area (Å²) in [4.78, 5) is 0. The molecule has 2 aliphatic rings. The Kier molecular flexibility index (Phi) is 10.1. The molecule has 0 amide bonds. The molecule has 226 valence electrons. The topological polar surface area (TPSA) is 27.7 Å². The van der Waals surface area contributed by atoms with Crippen molar-refractivity contribution in [3.05, 3.63) is 88.4 Å². The van der Waals surface area contributed by atoms with E-state index in [9.17, 15) is 8.78 Å². The Morgan fingerprint density at radius 3 is 2.17 bits per heavy atom. The Hall–Kier alpha value is -2.61. The van der Waals surface area contributed by atoms with Gasteiger partial charge in [0.25, 0.3) is 0 Å². The maximum absolute atomic E-state index is 15.1. The van der Waals surface area contributed by atoms with E-state index < -0.39 is 23.7 Å². The molecule has 42 heavy (non-hydrogen) atoms. The first-order chi connectivity index (χ1) is 20.2.